The van der Waals surface area contributed by atoms with Crippen molar-refractivity contribution in [2.75, 3.05) is 13.2 Å². The summed E-state index contributed by atoms with van der Waals surface area (Å²) in [7, 11) is 0. The normalized spacial score (nSPS) is 18.4. The maximum absolute atomic E-state index is 5.32. The van der Waals surface area contributed by atoms with Gasteiger partial charge in [0.25, 0.3) is 0 Å². The molecule has 1 saturated heterocycles. The van der Waals surface area contributed by atoms with Crippen molar-refractivity contribution in [3.05, 3.63) is 36.1 Å². The van der Waals surface area contributed by atoms with Crippen LogP contribution in [-0.2, 0) is 4.74 Å². The van der Waals surface area contributed by atoms with E-state index in [2.05, 4.69) is 37.9 Å². The third-order valence-electron chi connectivity index (χ3n) is 2.41. The molecule has 0 saturated carbocycles. The first kappa shape index (κ1) is 12.1. The molecule has 1 aliphatic rings. The van der Waals surface area contributed by atoms with Crippen LogP contribution >= 0.6 is 0 Å². The van der Waals surface area contributed by atoms with Crippen molar-refractivity contribution >= 4 is 0 Å². The molecular formula is C13H21NO. The highest BCUT2D eigenvalue weighted by Gasteiger charge is 2.12. The van der Waals surface area contributed by atoms with E-state index in [0.717, 1.165) is 31.8 Å². The fraction of sp³-hybridized carbons (Fsp3) is 0.538. The zero-order valence-corrected chi connectivity index (χ0v) is 9.75. The van der Waals surface area contributed by atoms with Gasteiger partial charge >= 0.3 is 0 Å². The summed E-state index contributed by atoms with van der Waals surface area (Å²) in [6.07, 6.45) is 8.22. The Kier molecular flexibility index (Phi) is 5.19. The average Bonchev–Trinajstić information content (AvgIpc) is 2.25. The molecule has 0 atom stereocenters. The van der Waals surface area contributed by atoms with Crippen LogP contribution in [0.15, 0.2) is 36.1 Å². The number of hydrogen-bond acceptors (Lipinski definition) is 2. The number of ether oxygens (including phenoxy) is 1. The van der Waals surface area contributed by atoms with E-state index in [4.69, 9.17) is 4.74 Å². The summed E-state index contributed by atoms with van der Waals surface area (Å²) < 4.78 is 5.32. The zero-order valence-electron chi connectivity index (χ0n) is 9.75. The third kappa shape index (κ3) is 4.84. The molecule has 1 rings (SSSR count). The highest BCUT2D eigenvalue weighted by molar-refractivity contribution is 5.22. The standard InChI is InChI=1S/C13H21NO/c1-4-12(6-5-11(2)3)14-13-7-9-15-10-8-13/h4-6,13-14H,1,7-10H2,2-3H3/b12-6+. The van der Waals surface area contributed by atoms with Gasteiger partial charge in [0, 0.05) is 25.0 Å². The Morgan fingerprint density at radius 2 is 1.93 bits per heavy atom. The summed E-state index contributed by atoms with van der Waals surface area (Å²) in [4.78, 5) is 0. The van der Waals surface area contributed by atoms with Gasteiger partial charge in [-0.25, -0.2) is 0 Å². The molecule has 0 bridgehead atoms. The Hall–Kier alpha value is -1.02. The van der Waals surface area contributed by atoms with Crippen LogP contribution in [0.5, 0.6) is 0 Å². The lowest BCUT2D eigenvalue weighted by molar-refractivity contribution is 0.0806. The Morgan fingerprint density at radius 3 is 2.47 bits per heavy atom. The molecule has 0 radical (unpaired) electrons. The van der Waals surface area contributed by atoms with Crippen molar-refractivity contribution in [3.8, 4) is 0 Å². The van der Waals surface area contributed by atoms with Gasteiger partial charge in [0.1, 0.15) is 0 Å². The van der Waals surface area contributed by atoms with E-state index in [0.29, 0.717) is 6.04 Å². The van der Waals surface area contributed by atoms with Gasteiger partial charge < -0.3 is 10.1 Å². The van der Waals surface area contributed by atoms with Crippen LogP contribution in [0.1, 0.15) is 26.7 Å². The molecule has 2 nitrogen and oxygen atoms in total. The summed E-state index contributed by atoms with van der Waals surface area (Å²) in [6, 6.07) is 0.536. The van der Waals surface area contributed by atoms with Crippen LogP contribution in [-0.4, -0.2) is 19.3 Å². The molecule has 1 aliphatic heterocycles. The van der Waals surface area contributed by atoms with Gasteiger partial charge in [-0.2, -0.15) is 0 Å². The zero-order chi connectivity index (χ0) is 11.1. The second kappa shape index (κ2) is 6.46. The molecule has 0 amide bonds. The Balaban J connectivity index is 2.48. The van der Waals surface area contributed by atoms with Crippen LogP contribution < -0.4 is 5.32 Å². The molecule has 0 aromatic rings. The van der Waals surface area contributed by atoms with Crippen molar-refractivity contribution in [2.24, 2.45) is 0 Å². The molecular weight excluding hydrogens is 186 g/mol. The molecule has 1 heterocycles. The van der Waals surface area contributed by atoms with Crippen molar-refractivity contribution in [3.63, 3.8) is 0 Å². The fourth-order valence-electron chi connectivity index (χ4n) is 1.51. The van der Waals surface area contributed by atoms with Crippen molar-refractivity contribution < 1.29 is 4.74 Å². The SMILES string of the molecule is C=C/C(=C\C=C(C)C)NC1CCOCC1. The first-order valence-electron chi connectivity index (χ1n) is 5.54. The Bertz CT molecular complexity index is 256. The number of rotatable bonds is 4. The number of allylic oxidation sites excluding steroid dienone is 4. The molecule has 0 spiro atoms. The molecule has 84 valence electrons. The molecule has 0 unspecified atom stereocenters. The third-order valence-corrected chi connectivity index (χ3v) is 2.41. The van der Waals surface area contributed by atoms with E-state index in [1.165, 1.54) is 5.57 Å². The smallest absolute Gasteiger partial charge is 0.0485 e. The van der Waals surface area contributed by atoms with Crippen LogP contribution in [0.3, 0.4) is 0 Å². The van der Waals surface area contributed by atoms with Crippen molar-refractivity contribution in [1.82, 2.24) is 5.32 Å². The maximum Gasteiger partial charge on any atom is 0.0485 e. The number of nitrogens with one attached hydrogen (secondary N) is 1. The predicted molar refractivity (Wildman–Crippen MR) is 64.7 cm³/mol. The average molecular weight is 207 g/mol. The molecule has 0 aromatic heterocycles. The van der Waals surface area contributed by atoms with E-state index in [-0.39, 0.29) is 0 Å². The van der Waals surface area contributed by atoms with Crippen molar-refractivity contribution in [2.45, 2.75) is 32.7 Å². The van der Waals surface area contributed by atoms with E-state index < -0.39 is 0 Å². The van der Waals surface area contributed by atoms with E-state index in [9.17, 15) is 0 Å². The summed E-state index contributed by atoms with van der Waals surface area (Å²) >= 11 is 0. The predicted octanol–water partition coefficient (Wildman–Crippen LogP) is 2.79. The molecule has 1 N–H and O–H groups in total. The lowest BCUT2D eigenvalue weighted by Crippen LogP contribution is -2.33. The molecule has 2 heteroatoms. The van der Waals surface area contributed by atoms with Gasteiger partial charge in [-0.1, -0.05) is 18.2 Å². The highest BCUT2D eigenvalue weighted by atomic mass is 16.5. The first-order valence-corrected chi connectivity index (χ1v) is 5.54. The Morgan fingerprint density at radius 1 is 1.27 bits per heavy atom. The summed E-state index contributed by atoms with van der Waals surface area (Å²) in [5.41, 5.74) is 2.39. The topological polar surface area (TPSA) is 21.3 Å². The minimum absolute atomic E-state index is 0.536. The largest absolute Gasteiger partial charge is 0.382 e. The highest BCUT2D eigenvalue weighted by Crippen LogP contribution is 2.08. The minimum atomic E-state index is 0.536. The second-order valence-electron chi connectivity index (χ2n) is 4.10. The monoisotopic (exact) mass is 207 g/mol. The fourth-order valence-corrected chi connectivity index (χ4v) is 1.51. The maximum atomic E-state index is 5.32. The Labute approximate surface area is 92.7 Å². The van der Waals surface area contributed by atoms with E-state index >= 15 is 0 Å². The lowest BCUT2D eigenvalue weighted by atomic mass is 10.1. The molecule has 15 heavy (non-hydrogen) atoms. The molecule has 0 aromatic carbocycles. The summed E-state index contributed by atoms with van der Waals surface area (Å²) in [5.74, 6) is 0. The van der Waals surface area contributed by atoms with E-state index in [1.54, 1.807) is 0 Å². The van der Waals surface area contributed by atoms with Gasteiger partial charge in [-0.05, 0) is 38.8 Å². The number of hydrogen-bond donors (Lipinski definition) is 1. The van der Waals surface area contributed by atoms with Gasteiger partial charge in [-0.15, -0.1) is 0 Å². The molecule has 0 aliphatic carbocycles. The van der Waals surface area contributed by atoms with Crippen LogP contribution in [0.2, 0.25) is 0 Å². The molecule has 1 fully saturated rings. The summed E-state index contributed by atoms with van der Waals surface area (Å²) in [6.45, 7) is 9.72. The van der Waals surface area contributed by atoms with Crippen LogP contribution in [0.25, 0.3) is 0 Å². The van der Waals surface area contributed by atoms with Gasteiger partial charge in [-0.3, -0.25) is 0 Å². The van der Waals surface area contributed by atoms with Crippen molar-refractivity contribution in [1.29, 1.82) is 0 Å². The van der Waals surface area contributed by atoms with Gasteiger partial charge in [0.15, 0.2) is 0 Å². The first-order chi connectivity index (χ1) is 7.22. The quantitative estimate of drug-likeness (QED) is 0.716. The van der Waals surface area contributed by atoms with Crippen LogP contribution in [0.4, 0.5) is 0 Å². The lowest BCUT2D eigenvalue weighted by Gasteiger charge is -2.24. The van der Waals surface area contributed by atoms with Gasteiger partial charge in [0.2, 0.25) is 0 Å². The van der Waals surface area contributed by atoms with Gasteiger partial charge in [0.05, 0.1) is 0 Å². The van der Waals surface area contributed by atoms with Crippen LogP contribution in [0, 0.1) is 0 Å². The summed E-state index contributed by atoms with van der Waals surface area (Å²) in [5, 5.41) is 3.48. The minimum Gasteiger partial charge on any atom is -0.382 e. The van der Waals surface area contributed by atoms with E-state index in [1.807, 2.05) is 6.08 Å². The second-order valence-corrected chi connectivity index (χ2v) is 4.10.